The number of carbonyl (C=O) groups is 3. The highest BCUT2D eigenvalue weighted by molar-refractivity contribution is 6.30. The van der Waals surface area contributed by atoms with Crippen molar-refractivity contribution in [2.75, 3.05) is 14.2 Å². The average molecular weight is 417 g/mol. The fourth-order valence-corrected chi connectivity index (χ4v) is 3.08. The minimum absolute atomic E-state index is 0.0217. The first kappa shape index (κ1) is 20.2. The van der Waals surface area contributed by atoms with E-state index in [1.54, 1.807) is 12.1 Å². The van der Waals surface area contributed by atoms with Gasteiger partial charge in [0.25, 0.3) is 0 Å². The van der Waals surface area contributed by atoms with E-state index in [1.807, 2.05) is 0 Å². The number of esters is 1. The number of halogens is 1. The zero-order chi connectivity index (χ0) is 21.1. The third-order valence-corrected chi connectivity index (χ3v) is 4.60. The largest absolute Gasteiger partial charge is 0.504 e. The summed E-state index contributed by atoms with van der Waals surface area (Å²) in [5, 5.41) is 15.3. The van der Waals surface area contributed by atoms with Gasteiger partial charge < -0.3 is 25.2 Å². The number of Topliss-reactive ketones (excluding diaryl/α,β-unsaturated/α-hetero) is 1. The normalized spacial score (nSPS) is 16.0. The molecule has 0 aromatic heterocycles. The van der Waals surface area contributed by atoms with Crippen LogP contribution in [-0.4, -0.2) is 37.1 Å². The number of nitrogens with one attached hydrogen (secondary N) is 2. The van der Waals surface area contributed by atoms with Gasteiger partial charge in [0, 0.05) is 10.6 Å². The Kier molecular flexibility index (Phi) is 5.74. The maximum Gasteiger partial charge on any atom is 0.355 e. The van der Waals surface area contributed by atoms with Gasteiger partial charge in [-0.1, -0.05) is 17.7 Å². The molecule has 8 nitrogen and oxygen atoms in total. The highest BCUT2D eigenvalue weighted by Gasteiger charge is 2.36. The minimum Gasteiger partial charge on any atom is -0.504 e. The number of carbonyl (C=O) groups excluding carboxylic acids is 3. The molecule has 1 aliphatic rings. The first-order valence-corrected chi connectivity index (χ1v) is 8.80. The minimum atomic E-state index is -0.990. The molecular weight excluding hydrogens is 400 g/mol. The van der Waals surface area contributed by atoms with Crippen molar-refractivity contribution in [2.45, 2.75) is 6.04 Å². The van der Waals surface area contributed by atoms with Gasteiger partial charge in [0.05, 0.1) is 25.8 Å². The Hall–Kier alpha value is -3.52. The van der Waals surface area contributed by atoms with Crippen LogP contribution in [0.25, 0.3) is 0 Å². The van der Waals surface area contributed by atoms with E-state index in [9.17, 15) is 19.5 Å². The van der Waals surface area contributed by atoms with Gasteiger partial charge in [-0.15, -0.1) is 0 Å². The van der Waals surface area contributed by atoms with Crippen molar-refractivity contribution in [1.29, 1.82) is 0 Å². The predicted molar refractivity (Wildman–Crippen MR) is 104 cm³/mol. The monoisotopic (exact) mass is 416 g/mol. The molecule has 0 aliphatic carbocycles. The Balaban J connectivity index is 2.19. The van der Waals surface area contributed by atoms with Gasteiger partial charge in [-0.05, 0) is 42.0 Å². The third-order valence-electron chi connectivity index (χ3n) is 4.35. The standard InChI is InChI=1S/C20H17ClN2O6/c1-28-14-9-11(5-8-13(14)24)16-15(17(19(26)29-2)23-20(27)22-16)18(25)10-3-6-12(21)7-4-10/h3-9,16,24H,1-2H3,(H2,22,23,27). The second-order valence-corrected chi connectivity index (χ2v) is 6.52. The van der Waals surface area contributed by atoms with Gasteiger partial charge >= 0.3 is 12.0 Å². The molecule has 3 rings (SSSR count). The number of methoxy groups -OCH3 is 2. The summed E-state index contributed by atoms with van der Waals surface area (Å²) in [4.78, 5) is 37.8. The first-order chi connectivity index (χ1) is 13.8. The lowest BCUT2D eigenvalue weighted by Crippen LogP contribution is -2.47. The van der Waals surface area contributed by atoms with Crippen molar-refractivity contribution in [2.24, 2.45) is 0 Å². The van der Waals surface area contributed by atoms with Crippen LogP contribution in [0.5, 0.6) is 11.5 Å². The molecule has 0 saturated carbocycles. The lowest BCUT2D eigenvalue weighted by atomic mass is 9.89. The van der Waals surface area contributed by atoms with Crippen molar-refractivity contribution in [3.63, 3.8) is 0 Å². The topological polar surface area (TPSA) is 114 Å². The number of urea groups is 1. The van der Waals surface area contributed by atoms with E-state index < -0.39 is 23.8 Å². The molecular formula is C20H17ClN2O6. The molecule has 1 aliphatic heterocycles. The summed E-state index contributed by atoms with van der Waals surface area (Å²) < 4.78 is 9.85. The lowest BCUT2D eigenvalue weighted by Gasteiger charge is -2.29. The van der Waals surface area contributed by atoms with Gasteiger partial charge in [-0.2, -0.15) is 0 Å². The molecule has 0 fully saturated rings. The molecule has 0 spiro atoms. The number of phenols is 1. The van der Waals surface area contributed by atoms with Crippen molar-refractivity contribution < 1.29 is 29.0 Å². The van der Waals surface area contributed by atoms with Gasteiger partial charge in [-0.25, -0.2) is 9.59 Å². The SMILES string of the molecule is COC(=O)C1=C(C(=O)c2ccc(Cl)cc2)C(c2ccc(O)c(OC)c2)NC(=O)N1. The molecule has 9 heteroatoms. The van der Waals surface area contributed by atoms with Crippen molar-refractivity contribution in [3.8, 4) is 11.5 Å². The Morgan fingerprint density at radius 3 is 2.41 bits per heavy atom. The first-order valence-electron chi connectivity index (χ1n) is 8.43. The number of aromatic hydroxyl groups is 1. The van der Waals surface area contributed by atoms with E-state index in [4.69, 9.17) is 21.1 Å². The lowest BCUT2D eigenvalue weighted by molar-refractivity contribution is -0.136. The van der Waals surface area contributed by atoms with E-state index in [0.29, 0.717) is 10.6 Å². The van der Waals surface area contributed by atoms with Gasteiger partial charge in [0.15, 0.2) is 17.3 Å². The van der Waals surface area contributed by atoms with Crippen LogP contribution in [0.1, 0.15) is 22.0 Å². The third kappa shape index (κ3) is 4.02. The quantitative estimate of drug-likeness (QED) is 0.510. The summed E-state index contributed by atoms with van der Waals surface area (Å²) in [5.41, 5.74) is 0.396. The van der Waals surface area contributed by atoms with Crippen molar-refractivity contribution in [1.82, 2.24) is 10.6 Å². The van der Waals surface area contributed by atoms with E-state index in [2.05, 4.69) is 10.6 Å². The smallest absolute Gasteiger partial charge is 0.355 e. The van der Waals surface area contributed by atoms with Gasteiger partial charge in [0.1, 0.15) is 5.70 Å². The number of amides is 2. The van der Waals surface area contributed by atoms with E-state index >= 15 is 0 Å². The molecule has 2 aromatic rings. The summed E-state index contributed by atoms with van der Waals surface area (Å²) in [6.45, 7) is 0. The van der Waals surface area contributed by atoms with Crippen molar-refractivity contribution >= 4 is 29.4 Å². The molecule has 0 saturated heterocycles. The van der Waals surface area contributed by atoms with Crippen LogP contribution in [0, 0.1) is 0 Å². The van der Waals surface area contributed by atoms with Gasteiger partial charge in [-0.3, -0.25) is 4.79 Å². The number of phenolic OH excluding ortho intramolecular Hbond substituents is 1. The molecule has 1 unspecified atom stereocenters. The molecule has 1 atom stereocenters. The molecule has 150 valence electrons. The Morgan fingerprint density at radius 2 is 1.79 bits per heavy atom. The summed E-state index contributed by atoms with van der Waals surface area (Å²) in [7, 11) is 2.52. The van der Waals surface area contributed by atoms with Crippen molar-refractivity contribution in [3.05, 3.63) is 69.9 Å². The van der Waals surface area contributed by atoms with E-state index in [0.717, 1.165) is 7.11 Å². The summed E-state index contributed by atoms with van der Waals surface area (Å²) in [5.74, 6) is -1.34. The Labute approximate surface area is 171 Å². The molecule has 0 bridgehead atoms. The highest BCUT2D eigenvalue weighted by atomic mass is 35.5. The van der Waals surface area contributed by atoms with Crippen LogP contribution in [0.15, 0.2) is 53.7 Å². The molecule has 3 N–H and O–H groups in total. The number of rotatable bonds is 5. The van der Waals surface area contributed by atoms with Crippen LogP contribution in [0.4, 0.5) is 4.79 Å². The average Bonchev–Trinajstić information content (AvgIpc) is 2.73. The summed E-state index contributed by atoms with van der Waals surface area (Å²) in [6, 6.07) is 8.78. The number of hydrogen-bond acceptors (Lipinski definition) is 6. The zero-order valence-corrected chi connectivity index (χ0v) is 16.2. The fourth-order valence-electron chi connectivity index (χ4n) is 2.95. The summed E-state index contributed by atoms with van der Waals surface area (Å²) in [6.07, 6.45) is 0. The number of ketones is 1. The highest BCUT2D eigenvalue weighted by Crippen LogP contribution is 2.35. The van der Waals surface area contributed by atoms with E-state index in [1.165, 1.54) is 37.4 Å². The van der Waals surface area contributed by atoms with Crippen LogP contribution in [0.2, 0.25) is 5.02 Å². The Bertz CT molecular complexity index is 1020. The molecule has 29 heavy (non-hydrogen) atoms. The molecule has 2 aromatic carbocycles. The van der Waals surface area contributed by atoms with E-state index in [-0.39, 0.29) is 28.3 Å². The maximum absolute atomic E-state index is 13.3. The van der Waals surface area contributed by atoms with Crippen LogP contribution < -0.4 is 15.4 Å². The van der Waals surface area contributed by atoms with Gasteiger partial charge in [0.2, 0.25) is 0 Å². The Morgan fingerprint density at radius 1 is 1.10 bits per heavy atom. The number of benzene rings is 2. The van der Waals surface area contributed by atoms with Crippen LogP contribution >= 0.6 is 11.6 Å². The van der Waals surface area contributed by atoms with Crippen LogP contribution in [0.3, 0.4) is 0 Å². The predicted octanol–water partition coefficient (Wildman–Crippen LogP) is 2.72. The second-order valence-electron chi connectivity index (χ2n) is 6.08. The summed E-state index contributed by atoms with van der Waals surface area (Å²) >= 11 is 5.89. The number of hydrogen-bond donors (Lipinski definition) is 3. The fraction of sp³-hybridized carbons (Fsp3) is 0.150. The molecule has 1 heterocycles. The van der Waals surface area contributed by atoms with Crippen LogP contribution in [-0.2, 0) is 9.53 Å². The maximum atomic E-state index is 13.3. The molecule has 2 amide bonds. The second kappa shape index (κ2) is 8.24. The number of ether oxygens (including phenoxy) is 2. The zero-order valence-electron chi connectivity index (χ0n) is 15.5. The molecule has 0 radical (unpaired) electrons.